The number of carbonyl (C=O) groups is 2. The molecule has 0 aliphatic carbocycles. The molecule has 0 N–H and O–H groups in total. The molecule has 0 aliphatic rings. The van der Waals surface area contributed by atoms with Gasteiger partial charge in [0.05, 0.1) is 6.61 Å². The second-order valence-electron chi connectivity index (χ2n) is 4.34. The molecular weight excluding hydrogens is 308 g/mol. The normalized spacial score (nSPS) is 13.6. The fraction of sp³-hybridized carbons (Fsp3) is 0.467. The Hall–Kier alpha value is -1.16. The molecule has 104 valence electrons. The molecule has 0 radical (unpaired) electrons. The number of unbranched alkanes of at least 4 members (excludes halogenated alkanes) is 1. The lowest BCUT2D eigenvalue weighted by atomic mass is 9.95. The monoisotopic (exact) mass is 326 g/mol. The summed E-state index contributed by atoms with van der Waals surface area (Å²) >= 11 is 3.28. The average molecular weight is 327 g/mol. The van der Waals surface area contributed by atoms with Crippen LogP contribution in [0.4, 0.5) is 0 Å². The molecule has 0 fully saturated rings. The van der Waals surface area contributed by atoms with Crippen LogP contribution in [0.3, 0.4) is 0 Å². The minimum Gasteiger partial charge on any atom is -0.464 e. The molecule has 1 atom stereocenters. The summed E-state index contributed by atoms with van der Waals surface area (Å²) in [6.07, 6.45) is 2.10. The molecule has 1 rings (SSSR count). The molecule has 1 unspecified atom stereocenters. The summed E-state index contributed by atoms with van der Waals surface area (Å²) in [5.41, 5.74) is 0.508. The van der Waals surface area contributed by atoms with E-state index in [-0.39, 0.29) is 5.78 Å². The number of hydrogen-bond acceptors (Lipinski definition) is 3. The Bertz CT molecular complexity index is 430. The third-order valence-electron chi connectivity index (χ3n) is 2.94. The third-order valence-corrected chi connectivity index (χ3v) is 4.18. The van der Waals surface area contributed by atoms with Crippen molar-refractivity contribution < 1.29 is 14.3 Å². The van der Waals surface area contributed by atoms with E-state index in [1.165, 1.54) is 0 Å². The van der Waals surface area contributed by atoms with Crippen molar-refractivity contribution in [2.24, 2.45) is 0 Å². The van der Waals surface area contributed by atoms with Crippen molar-refractivity contribution in [1.82, 2.24) is 0 Å². The van der Waals surface area contributed by atoms with Gasteiger partial charge in [-0.05, 0) is 12.8 Å². The van der Waals surface area contributed by atoms with E-state index in [0.717, 1.165) is 12.8 Å². The number of rotatable bonds is 7. The van der Waals surface area contributed by atoms with Gasteiger partial charge in [0.1, 0.15) is 0 Å². The van der Waals surface area contributed by atoms with Crippen molar-refractivity contribution >= 4 is 27.7 Å². The zero-order valence-corrected chi connectivity index (χ0v) is 12.9. The predicted molar refractivity (Wildman–Crippen MR) is 78.6 cm³/mol. The molecule has 0 saturated heterocycles. The smallest absolute Gasteiger partial charge is 0.330 e. The lowest BCUT2D eigenvalue weighted by Crippen LogP contribution is -2.41. The second-order valence-corrected chi connectivity index (χ2v) is 5.69. The number of esters is 1. The van der Waals surface area contributed by atoms with Gasteiger partial charge in [-0.1, -0.05) is 66.5 Å². The van der Waals surface area contributed by atoms with Crippen LogP contribution in [0.1, 0.15) is 43.5 Å². The maximum atomic E-state index is 12.4. The van der Waals surface area contributed by atoms with E-state index < -0.39 is 10.3 Å². The zero-order valence-electron chi connectivity index (χ0n) is 11.3. The molecule has 4 heteroatoms. The minimum atomic E-state index is -1.28. The molecule has 0 aliphatic heterocycles. The van der Waals surface area contributed by atoms with Crippen LogP contribution in [0.5, 0.6) is 0 Å². The average Bonchev–Trinajstić information content (AvgIpc) is 2.46. The summed E-state index contributed by atoms with van der Waals surface area (Å²) in [4.78, 5) is 24.5. The van der Waals surface area contributed by atoms with E-state index in [9.17, 15) is 9.59 Å². The topological polar surface area (TPSA) is 43.4 Å². The highest BCUT2D eigenvalue weighted by atomic mass is 79.9. The summed E-state index contributed by atoms with van der Waals surface area (Å²) in [6.45, 7) is 4.16. The maximum absolute atomic E-state index is 12.4. The largest absolute Gasteiger partial charge is 0.464 e. The van der Waals surface area contributed by atoms with E-state index in [1.807, 2.05) is 13.0 Å². The van der Waals surface area contributed by atoms with E-state index in [1.54, 1.807) is 31.2 Å². The standard InChI is InChI=1S/C15H19BrO3/c1-3-5-11-19-14(18)15(16,4-2)13(17)12-9-7-6-8-10-12/h6-10H,3-5,11H2,1-2H3. The highest BCUT2D eigenvalue weighted by Crippen LogP contribution is 2.29. The Labute approximate surface area is 122 Å². The Morgan fingerprint density at radius 1 is 1.21 bits per heavy atom. The molecule has 0 aromatic heterocycles. The van der Waals surface area contributed by atoms with Gasteiger partial charge >= 0.3 is 5.97 Å². The fourth-order valence-electron chi connectivity index (χ4n) is 1.64. The molecule has 1 aromatic rings. The van der Waals surface area contributed by atoms with Gasteiger partial charge in [-0.15, -0.1) is 0 Å². The number of alkyl halides is 1. The van der Waals surface area contributed by atoms with Crippen LogP contribution in [-0.2, 0) is 9.53 Å². The number of Topliss-reactive ketones (excluding diaryl/α,β-unsaturated/α-hetero) is 1. The summed E-state index contributed by atoms with van der Waals surface area (Å²) in [5, 5.41) is 0. The minimum absolute atomic E-state index is 0.253. The van der Waals surface area contributed by atoms with Crippen LogP contribution < -0.4 is 0 Å². The lowest BCUT2D eigenvalue weighted by Gasteiger charge is -2.22. The summed E-state index contributed by atoms with van der Waals surface area (Å²) in [7, 11) is 0. The second kappa shape index (κ2) is 7.43. The van der Waals surface area contributed by atoms with Gasteiger partial charge in [-0.2, -0.15) is 0 Å². The molecule has 0 heterocycles. The summed E-state index contributed by atoms with van der Waals surface area (Å²) < 4.78 is 3.90. The number of carbonyl (C=O) groups excluding carboxylic acids is 2. The van der Waals surface area contributed by atoms with Crippen molar-refractivity contribution in [3.63, 3.8) is 0 Å². The van der Waals surface area contributed by atoms with Crippen LogP contribution in [-0.4, -0.2) is 22.7 Å². The van der Waals surface area contributed by atoms with Crippen molar-refractivity contribution in [2.75, 3.05) is 6.61 Å². The first kappa shape index (κ1) is 15.9. The summed E-state index contributed by atoms with van der Waals surface area (Å²) in [5.74, 6) is -0.755. The number of hydrogen-bond donors (Lipinski definition) is 0. The third kappa shape index (κ3) is 3.90. The summed E-state index contributed by atoms with van der Waals surface area (Å²) in [6, 6.07) is 8.79. The highest BCUT2D eigenvalue weighted by Gasteiger charge is 2.43. The van der Waals surface area contributed by atoms with Crippen molar-refractivity contribution in [3.8, 4) is 0 Å². The van der Waals surface area contributed by atoms with Gasteiger partial charge < -0.3 is 4.74 Å². The van der Waals surface area contributed by atoms with E-state index in [0.29, 0.717) is 18.6 Å². The van der Waals surface area contributed by atoms with Crippen molar-refractivity contribution in [2.45, 2.75) is 37.4 Å². The molecule has 0 saturated carbocycles. The quantitative estimate of drug-likeness (QED) is 0.252. The van der Waals surface area contributed by atoms with E-state index >= 15 is 0 Å². The van der Waals surface area contributed by atoms with Crippen LogP contribution in [0.2, 0.25) is 0 Å². The molecule has 1 aromatic carbocycles. The number of benzene rings is 1. The molecule has 0 bridgehead atoms. The first-order chi connectivity index (χ1) is 9.06. The van der Waals surface area contributed by atoms with Crippen LogP contribution in [0.15, 0.2) is 30.3 Å². The number of ether oxygens (including phenoxy) is 1. The van der Waals surface area contributed by atoms with Crippen LogP contribution >= 0.6 is 15.9 Å². The zero-order chi connectivity index (χ0) is 14.3. The molecular formula is C15H19BrO3. The van der Waals surface area contributed by atoms with Gasteiger partial charge in [0, 0.05) is 5.56 Å². The van der Waals surface area contributed by atoms with Crippen molar-refractivity contribution in [1.29, 1.82) is 0 Å². The molecule has 19 heavy (non-hydrogen) atoms. The van der Waals surface area contributed by atoms with Gasteiger partial charge in [0.2, 0.25) is 0 Å². The molecule has 0 spiro atoms. The predicted octanol–water partition coefficient (Wildman–Crippen LogP) is 3.76. The van der Waals surface area contributed by atoms with Crippen LogP contribution in [0, 0.1) is 0 Å². The van der Waals surface area contributed by atoms with E-state index in [2.05, 4.69) is 15.9 Å². The van der Waals surface area contributed by atoms with Gasteiger partial charge in [0.15, 0.2) is 10.1 Å². The Morgan fingerprint density at radius 2 is 1.84 bits per heavy atom. The number of halogens is 1. The van der Waals surface area contributed by atoms with Gasteiger partial charge in [-0.3, -0.25) is 9.59 Å². The molecule has 0 amide bonds. The Morgan fingerprint density at radius 3 is 2.37 bits per heavy atom. The highest BCUT2D eigenvalue weighted by molar-refractivity contribution is 9.10. The van der Waals surface area contributed by atoms with Crippen LogP contribution in [0.25, 0.3) is 0 Å². The van der Waals surface area contributed by atoms with Gasteiger partial charge in [-0.25, -0.2) is 0 Å². The number of ketones is 1. The lowest BCUT2D eigenvalue weighted by molar-refractivity contribution is -0.145. The Balaban J connectivity index is 2.84. The fourth-order valence-corrected chi connectivity index (χ4v) is 1.98. The maximum Gasteiger partial charge on any atom is 0.330 e. The Kier molecular flexibility index (Phi) is 6.22. The SMILES string of the molecule is CCCCOC(=O)C(Br)(CC)C(=O)c1ccccc1. The van der Waals surface area contributed by atoms with E-state index in [4.69, 9.17) is 4.74 Å². The first-order valence-corrected chi connectivity index (χ1v) is 7.31. The molecule has 3 nitrogen and oxygen atoms in total. The first-order valence-electron chi connectivity index (χ1n) is 6.52. The van der Waals surface area contributed by atoms with Gasteiger partial charge in [0.25, 0.3) is 0 Å². The van der Waals surface area contributed by atoms with Crippen molar-refractivity contribution in [3.05, 3.63) is 35.9 Å².